The summed E-state index contributed by atoms with van der Waals surface area (Å²) in [6, 6.07) is 0. The summed E-state index contributed by atoms with van der Waals surface area (Å²) >= 11 is 0. The van der Waals surface area contributed by atoms with Crippen LogP contribution in [0.4, 0.5) is 0 Å². The van der Waals surface area contributed by atoms with Gasteiger partial charge in [-0.25, -0.2) is 0 Å². The van der Waals surface area contributed by atoms with Crippen LogP contribution in [0.15, 0.2) is 0 Å². The highest BCUT2D eigenvalue weighted by Gasteiger charge is 2.32. The lowest BCUT2D eigenvalue weighted by Crippen LogP contribution is -2.30. The molecule has 1 unspecified atom stereocenters. The maximum absolute atomic E-state index is 11.2. The fraction of sp³-hybridized carbons (Fsp3) is 0.625. The molecule has 1 aliphatic rings. The Kier molecular flexibility index (Phi) is 3.06. The molecule has 0 aromatic rings. The third kappa shape index (κ3) is 2.45. The van der Waals surface area contributed by atoms with Gasteiger partial charge in [-0.3, -0.25) is 14.4 Å². The van der Waals surface area contributed by atoms with Crippen LogP contribution in [0.2, 0.25) is 0 Å². The van der Waals surface area contributed by atoms with Gasteiger partial charge in [0.05, 0.1) is 12.3 Å². The van der Waals surface area contributed by atoms with E-state index in [2.05, 4.69) is 0 Å². The number of carbonyl (C=O) groups is 3. The van der Waals surface area contributed by atoms with Crippen molar-refractivity contribution >= 4 is 17.8 Å². The number of carboxylic acids is 1. The molecule has 0 bridgehead atoms. The topological polar surface area (TPSA) is 101 Å². The number of nitrogens with two attached hydrogens (primary N) is 1. The van der Waals surface area contributed by atoms with Gasteiger partial charge in [-0.1, -0.05) is 0 Å². The van der Waals surface area contributed by atoms with E-state index in [-0.39, 0.29) is 31.8 Å². The number of rotatable bonds is 4. The summed E-state index contributed by atoms with van der Waals surface area (Å²) in [5.41, 5.74) is 5.04. The molecule has 3 N–H and O–H groups in total. The van der Waals surface area contributed by atoms with Crippen molar-refractivity contribution in [3.05, 3.63) is 0 Å². The van der Waals surface area contributed by atoms with Crippen molar-refractivity contribution in [2.45, 2.75) is 12.8 Å². The molecule has 0 aliphatic carbocycles. The molecule has 6 heteroatoms. The molecule has 1 saturated heterocycles. The van der Waals surface area contributed by atoms with Crippen LogP contribution in [0.1, 0.15) is 12.8 Å². The Morgan fingerprint density at radius 3 is 2.64 bits per heavy atom. The van der Waals surface area contributed by atoms with Gasteiger partial charge in [0.2, 0.25) is 11.8 Å². The lowest BCUT2D eigenvalue weighted by atomic mass is 10.1. The maximum Gasteiger partial charge on any atom is 0.305 e. The van der Waals surface area contributed by atoms with Gasteiger partial charge in [0.15, 0.2) is 0 Å². The molecule has 1 fully saturated rings. The predicted octanol–water partition coefficient (Wildman–Crippen LogP) is -1.21. The number of aliphatic carboxylic acids is 1. The van der Waals surface area contributed by atoms with Crippen LogP contribution in [0.3, 0.4) is 0 Å². The van der Waals surface area contributed by atoms with Gasteiger partial charge in [0.25, 0.3) is 0 Å². The molecule has 0 saturated carbocycles. The van der Waals surface area contributed by atoms with Gasteiger partial charge in [0.1, 0.15) is 0 Å². The van der Waals surface area contributed by atoms with Gasteiger partial charge in [-0.15, -0.1) is 0 Å². The van der Waals surface area contributed by atoms with Crippen LogP contribution >= 0.6 is 0 Å². The standard InChI is InChI=1S/C8H12N2O4/c9-8(14)5-3-6(11)10(4-5)2-1-7(12)13/h5H,1-4H2,(H2,9,14)(H,12,13). The van der Waals surface area contributed by atoms with Gasteiger partial charge in [0, 0.05) is 19.5 Å². The highest BCUT2D eigenvalue weighted by atomic mass is 16.4. The molecule has 1 atom stereocenters. The summed E-state index contributed by atoms with van der Waals surface area (Å²) in [6.07, 6.45) is 0.00613. The lowest BCUT2D eigenvalue weighted by molar-refractivity contribution is -0.138. The van der Waals surface area contributed by atoms with E-state index in [1.54, 1.807) is 0 Å². The van der Waals surface area contributed by atoms with Crippen molar-refractivity contribution in [2.24, 2.45) is 11.7 Å². The van der Waals surface area contributed by atoms with Gasteiger partial charge >= 0.3 is 5.97 Å². The van der Waals surface area contributed by atoms with E-state index >= 15 is 0 Å². The first-order chi connectivity index (χ1) is 6.50. The van der Waals surface area contributed by atoms with E-state index in [4.69, 9.17) is 10.8 Å². The molecule has 0 spiro atoms. The molecule has 0 radical (unpaired) electrons. The summed E-state index contributed by atoms with van der Waals surface area (Å²) in [6.45, 7) is 0.402. The zero-order valence-electron chi connectivity index (χ0n) is 7.60. The van der Waals surface area contributed by atoms with Crippen LogP contribution in [-0.2, 0) is 14.4 Å². The van der Waals surface area contributed by atoms with E-state index in [0.717, 1.165) is 0 Å². The second-order valence-corrected chi connectivity index (χ2v) is 3.29. The van der Waals surface area contributed by atoms with Crippen LogP contribution in [0.5, 0.6) is 0 Å². The van der Waals surface area contributed by atoms with Crippen LogP contribution in [0, 0.1) is 5.92 Å². The van der Waals surface area contributed by atoms with Crippen molar-refractivity contribution in [3.63, 3.8) is 0 Å². The number of hydrogen-bond donors (Lipinski definition) is 2. The smallest absolute Gasteiger partial charge is 0.305 e. The predicted molar refractivity (Wildman–Crippen MR) is 46.1 cm³/mol. The monoisotopic (exact) mass is 200 g/mol. The summed E-state index contributed by atoms with van der Waals surface area (Å²) < 4.78 is 0. The Morgan fingerprint density at radius 1 is 1.57 bits per heavy atom. The van der Waals surface area contributed by atoms with Gasteiger partial charge in [-0.2, -0.15) is 0 Å². The maximum atomic E-state index is 11.2. The minimum Gasteiger partial charge on any atom is -0.481 e. The number of nitrogens with zero attached hydrogens (tertiary/aromatic N) is 1. The Hall–Kier alpha value is -1.59. The molecule has 0 aromatic carbocycles. The first-order valence-electron chi connectivity index (χ1n) is 4.29. The molecule has 6 nitrogen and oxygen atoms in total. The summed E-state index contributed by atoms with van der Waals surface area (Å²) in [5.74, 6) is -2.12. The summed E-state index contributed by atoms with van der Waals surface area (Å²) in [7, 11) is 0. The number of hydrogen-bond acceptors (Lipinski definition) is 3. The molecule has 14 heavy (non-hydrogen) atoms. The molecular formula is C8H12N2O4. The Balaban J connectivity index is 2.44. The molecule has 1 aliphatic heterocycles. The number of carboxylic acid groups (broad SMARTS) is 1. The van der Waals surface area contributed by atoms with Gasteiger partial charge in [-0.05, 0) is 0 Å². The van der Waals surface area contributed by atoms with Crippen molar-refractivity contribution in [2.75, 3.05) is 13.1 Å². The fourth-order valence-corrected chi connectivity index (χ4v) is 1.41. The zero-order chi connectivity index (χ0) is 10.7. The third-order valence-electron chi connectivity index (χ3n) is 2.21. The SMILES string of the molecule is NC(=O)C1CC(=O)N(CCC(=O)O)C1. The third-order valence-corrected chi connectivity index (χ3v) is 2.21. The number of amides is 2. The summed E-state index contributed by atoms with van der Waals surface area (Å²) in [4.78, 5) is 33.6. The Bertz CT molecular complexity index is 277. The van der Waals surface area contributed by atoms with Crippen LogP contribution in [0.25, 0.3) is 0 Å². The molecule has 1 rings (SSSR count). The van der Waals surface area contributed by atoms with Crippen LogP contribution in [-0.4, -0.2) is 40.9 Å². The summed E-state index contributed by atoms with van der Waals surface area (Å²) in [5, 5.41) is 8.41. The number of primary amides is 1. The Morgan fingerprint density at radius 2 is 2.21 bits per heavy atom. The van der Waals surface area contributed by atoms with Crippen LogP contribution < -0.4 is 5.73 Å². The average molecular weight is 200 g/mol. The molecule has 78 valence electrons. The fourth-order valence-electron chi connectivity index (χ4n) is 1.41. The highest BCUT2D eigenvalue weighted by Crippen LogP contribution is 2.17. The molecule has 1 heterocycles. The van der Waals surface area contributed by atoms with Crippen molar-refractivity contribution < 1.29 is 19.5 Å². The van der Waals surface area contributed by atoms with E-state index in [1.165, 1.54) is 4.90 Å². The first kappa shape index (κ1) is 10.5. The quantitative estimate of drug-likeness (QED) is 0.594. The Labute approximate surface area is 80.7 Å². The minimum absolute atomic E-state index is 0.1000. The van der Waals surface area contributed by atoms with Crippen molar-refractivity contribution in [1.82, 2.24) is 4.90 Å². The number of carbonyl (C=O) groups excluding carboxylic acids is 2. The van der Waals surface area contributed by atoms with E-state index in [0.29, 0.717) is 0 Å². The molecule has 2 amide bonds. The van der Waals surface area contributed by atoms with E-state index in [1.807, 2.05) is 0 Å². The normalized spacial score (nSPS) is 21.3. The van der Waals surface area contributed by atoms with Crippen molar-refractivity contribution in [3.8, 4) is 0 Å². The lowest BCUT2D eigenvalue weighted by Gasteiger charge is -2.13. The molecule has 0 aromatic heterocycles. The zero-order valence-corrected chi connectivity index (χ0v) is 7.60. The second-order valence-electron chi connectivity index (χ2n) is 3.29. The van der Waals surface area contributed by atoms with E-state index < -0.39 is 17.8 Å². The van der Waals surface area contributed by atoms with Gasteiger partial charge < -0.3 is 15.7 Å². The van der Waals surface area contributed by atoms with Crippen molar-refractivity contribution in [1.29, 1.82) is 0 Å². The highest BCUT2D eigenvalue weighted by molar-refractivity contribution is 5.88. The minimum atomic E-state index is -0.958. The average Bonchev–Trinajstić information content (AvgIpc) is 2.43. The number of likely N-dealkylation sites (tertiary alicyclic amines) is 1. The second kappa shape index (κ2) is 4.08. The van der Waals surface area contributed by atoms with E-state index in [9.17, 15) is 14.4 Å². The largest absolute Gasteiger partial charge is 0.481 e. The molecular weight excluding hydrogens is 188 g/mol. The first-order valence-corrected chi connectivity index (χ1v) is 4.29.